The lowest BCUT2D eigenvalue weighted by atomic mass is 10.0. The zero-order valence-electron chi connectivity index (χ0n) is 18.7. The van der Waals surface area contributed by atoms with E-state index in [-0.39, 0.29) is 16.2 Å². The largest absolute Gasteiger partial charge is 0.494 e. The van der Waals surface area contributed by atoms with Crippen molar-refractivity contribution in [1.29, 1.82) is 0 Å². The molecule has 4 aromatic rings. The summed E-state index contributed by atoms with van der Waals surface area (Å²) in [5.74, 6) is 1.05. The smallest absolute Gasteiger partial charge is 0.262 e. The molecular weight excluding hydrogens is 460 g/mol. The summed E-state index contributed by atoms with van der Waals surface area (Å²) < 4.78 is 7.29. The standard InChI is InChI=1S/C27H20N4O3S/c1-17-7-9-18(10-8-17)24-19(16-28-30-24)15-23-25(32)29-27(35)31(26(23)33)20-11-13-22(14-12-20)34-21-5-3-2-4-6-21/h2-16,33H,1H3,(H,29,32,35). The van der Waals surface area contributed by atoms with Gasteiger partial charge in [-0.05, 0) is 61.6 Å². The summed E-state index contributed by atoms with van der Waals surface area (Å²) in [6, 6.07) is 24.3. The number of benzene rings is 3. The molecule has 0 atom stereocenters. The van der Waals surface area contributed by atoms with Crippen LogP contribution in [-0.2, 0) is 0 Å². The number of hydrogen-bond acceptors (Lipinski definition) is 6. The Bertz CT molecular complexity index is 1600. The van der Waals surface area contributed by atoms with E-state index in [1.54, 1.807) is 36.6 Å². The molecule has 2 heterocycles. The second-order valence-corrected chi connectivity index (χ2v) is 8.29. The molecule has 35 heavy (non-hydrogen) atoms. The van der Waals surface area contributed by atoms with Gasteiger partial charge in [-0.15, -0.1) is 5.10 Å². The van der Waals surface area contributed by atoms with Crippen molar-refractivity contribution in [3.63, 3.8) is 0 Å². The molecule has 0 amide bonds. The zero-order valence-corrected chi connectivity index (χ0v) is 19.5. The number of aryl methyl sites for hydroxylation is 1. The van der Waals surface area contributed by atoms with E-state index in [1.807, 2.05) is 61.5 Å². The molecule has 0 saturated carbocycles. The summed E-state index contributed by atoms with van der Waals surface area (Å²) in [7, 11) is 0. The predicted molar refractivity (Wildman–Crippen MR) is 140 cm³/mol. The Hall–Kier alpha value is -4.56. The number of aromatic nitrogens is 2. The average Bonchev–Trinajstić information content (AvgIpc) is 3.32. The van der Waals surface area contributed by atoms with Crippen LogP contribution < -0.4 is 10.3 Å². The van der Waals surface area contributed by atoms with Crippen LogP contribution in [0.3, 0.4) is 0 Å². The van der Waals surface area contributed by atoms with Gasteiger partial charge in [0.25, 0.3) is 5.56 Å². The fraction of sp³-hybridized carbons (Fsp3) is 0.0370. The highest BCUT2D eigenvalue weighted by Gasteiger charge is 2.18. The maximum Gasteiger partial charge on any atom is 0.262 e. The molecule has 0 aliphatic carbocycles. The molecule has 172 valence electrons. The van der Waals surface area contributed by atoms with Gasteiger partial charge in [0.2, 0.25) is 5.88 Å². The van der Waals surface area contributed by atoms with Crippen LogP contribution in [-0.4, -0.2) is 26.6 Å². The maximum atomic E-state index is 12.7. The van der Waals surface area contributed by atoms with E-state index < -0.39 is 5.56 Å². The lowest BCUT2D eigenvalue weighted by Gasteiger charge is -2.13. The lowest BCUT2D eigenvalue weighted by molar-refractivity contribution is 0.431. The van der Waals surface area contributed by atoms with Crippen molar-refractivity contribution in [2.45, 2.75) is 6.92 Å². The molecule has 0 bridgehead atoms. The molecule has 0 fully saturated rings. The number of nitrogens with zero attached hydrogens (tertiary/aromatic N) is 3. The maximum absolute atomic E-state index is 12.7. The SMILES string of the molecule is Cc1ccc(C2=NN=CC2=Cc2c(O)n(-c3ccc(Oc4ccccc4)cc3)c(=S)[nH]c2=O)cc1. The number of hydrogen-bond donors (Lipinski definition) is 2. The van der Waals surface area contributed by atoms with Gasteiger partial charge in [0, 0.05) is 11.1 Å². The molecule has 7 nitrogen and oxygen atoms in total. The van der Waals surface area contributed by atoms with Crippen molar-refractivity contribution in [1.82, 2.24) is 9.55 Å². The van der Waals surface area contributed by atoms with Gasteiger partial charge < -0.3 is 9.84 Å². The molecule has 5 rings (SSSR count). The summed E-state index contributed by atoms with van der Waals surface area (Å²) in [6.07, 6.45) is 3.11. The summed E-state index contributed by atoms with van der Waals surface area (Å²) in [5, 5.41) is 19.3. The Morgan fingerprint density at radius 1 is 0.971 bits per heavy atom. The molecule has 0 saturated heterocycles. The average molecular weight is 481 g/mol. The predicted octanol–water partition coefficient (Wildman–Crippen LogP) is 5.57. The van der Waals surface area contributed by atoms with E-state index in [2.05, 4.69) is 15.2 Å². The number of H-pyrrole nitrogens is 1. The van der Waals surface area contributed by atoms with E-state index in [0.717, 1.165) is 11.1 Å². The lowest BCUT2D eigenvalue weighted by Crippen LogP contribution is -2.16. The van der Waals surface area contributed by atoms with Crippen molar-refractivity contribution in [2.24, 2.45) is 10.2 Å². The van der Waals surface area contributed by atoms with Crippen molar-refractivity contribution >= 4 is 30.2 Å². The number of ether oxygens (including phenoxy) is 1. The topological polar surface area (TPSA) is 92.0 Å². The quantitative estimate of drug-likeness (QED) is 0.365. The second-order valence-electron chi connectivity index (χ2n) is 7.90. The number of aromatic hydroxyl groups is 1. The minimum absolute atomic E-state index is 0.0476. The first-order valence-electron chi connectivity index (χ1n) is 10.8. The van der Waals surface area contributed by atoms with Crippen LogP contribution in [0.4, 0.5) is 0 Å². The number of allylic oxidation sites excluding steroid dienone is 1. The minimum atomic E-state index is -0.510. The highest BCUT2D eigenvalue weighted by Crippen LogP contribution is 2.26. The number of rotatable bonds is 5. The normalized spacial score (nSPS) is 13.7. The summed E-state index contributed by atoms with van der Waals surface area (Å²) in [4.78, 5) is 15.4. The first-order chi connectivity index (χ1) is 17.0. The van der Waals surface area contributed by atoms with E-state index >= 15 is 0 Å². The molecule has 8 heteroatoms. The zero-order chi connectivity index (χ0) is 24.4. The van der Waals surface area contributed by atoms with Crippen molar-refractivity contribution in [2.75, 3.05) is 0 Å². The van der Waals surface area contributed by atoms with Gasteiger partial charge in [0.15, 0.2) is 4.77 Å². The van der Waals surface area contributed by atoms with E-state index in [1.165, 1.54) is 4.57 Å². The van der Waals surface area contributed by atoms with E-state index in [4.69, 9.17) is 17.0 Å². The Kier molecular flexibility index (Phi) is 5.95. The third-order valence-electron chi connectivity index (χ3n) is 5.45. The summed E-state index contributed by atoms with van der Waals surface area (Å²) >= 11 is 5.35. The Morgan fingerprint density at radius 2 is 1.66 bits per heavy atom. The van der Waals surface area contributed by atoms with Gasteiger partial charge in [0.05, 0.1) is 11.9 Å². The van der Waals surface area contributed by atoms with Gasteiger partial charge in [-0.3, -0.25) is 14.3 Å². The second kappa shape index (κ2) is 9.36. The van der Waals surface area contributed by atoms with Crippen molar-refractivity contribution in [3.8, 4) is 23.1 Å². The Morgan fingerprint density at radius 3 is 2.37 bits per heavy atom. The first kappa shape index (κ1) is 22.2. The van der Waals surface area contributed by atoms with Gasteiger partial charge >= 0.3 is 0 Å². The van der Waals surface area contributed by atoms with Crippen LogP contribution >= 0.6 is 12.2 Å². The highest BCUT2D eigenvalue weighted by atomic mass is 32.1. The Labute approximate surface area is 206 Å². The van der Waals surface area contributed by atoms with Crippen LogP contribution in [0.5, 0.6) is 17.4 Å². The third kappa shape index (κ3) is 4.60. The molecular formula is C27H20N4O3S. The van der Waals surface area contributed by atoms with Crippen LogP contribution in [0.15, 0.2) is 99.4 Å². The van der Waals surface area contributed by atoms with Crippen molar-refractivity contribution < 1.29 is 9.84 Å². The molecule has 0 radical (unpaired) electrons. The number of para-hydroxylation sites is 1. The fourth-order valence-corrected chi connectivity index (χ4v) is 3.95. The van der Waals surface area contributed by atoms with Gasteiger partial charge in [0.1, 0.15) is 22.8 Å². The van der Waals surface area contributed by atoms with Crippen LogP contribution in [0.1, 0.15) is 16.7 Å². The van der Waals surface area contributed by atoms with E-state index in [0.29, 0.717) is 28.5 Å². The summed E-state index contributed by atoms with van der Waals surface area (Å²) in [6.45, 7) is 2.00. The van der Waals surface area contributed by atoms with Gasteiger partial charge in [-0.2, -0.15) is 5.10 Å². The fourth-order valence-electron chi connectivity index (χ4n) is 3.66. The molecule has 0 unspecified atom stereocenters. The molecule has 2 N–H and O–H groups in total. The Balaban J connectivity index is 1.51. The molecule has 1 aliphatic rings. The highest BCUT2D eigenvalue weighted by molar-refractivity contribution is 7.71. The van der Waals surface area contributed by atoms with Crippen LogP contribution in [0, 0.1) is 11.7 Å². The monoisotopic (exact) mass is 480 g/mol. The summed E-state index contributed by atoms with van der Waals surface area (Å²) in [5.41, 5.74) is 3.30. The molecule has 0 spiro atoms. The van der Waals surface area contributed by atoms with Crippen molar-refractivity contribution in [3.05, 3.63) is 116 Å². The molecule has 3 aromatic carbocycles. The minimum Gasteiger partial charge on any atom is -0.494 e. The van der Waals surface area contributed by atoms with E-state index in [9.17, 15) is 9.90 Å². The van der Waals surface area contributed by atoms with Crippen LogP contribution in [0.25, 0.3) is 11.8 Å². The number of nitrogens with one attached hydrogen (secondary N) is 1. The molecule has 1 aromatic heterocycles. The molecule has 1 aliphatic heterocycles. The van der Waals surface area contributed by atoms with Crippen LogP contribution in [0.2, 0.25) is 0 Å². The number of aromatic amines is 1. The third-order valence-corrected chi connectivity index (χ3v) is 5.73. The first-order valence-corrected chi connectivity index (χ1v) is 11.2. The van der Waals surface area contributed by atoms with Gasteiger partial charge in [-0.25, -0.2) is 0 Å². The van der Waals surface area contributed by atoms with Gasteiger partial charge in [-0.1, -0.05) is 48.0 Å².